The molecule has 16 heavy (non-hydrogen) atoms. The topological polar surface area (TPSA) is 18.5 Å². The Labute approximate surface area is 97.4 Å². The molecule has 0 bridgehead atoms. The van der Waals surface area contributed by atoms with E-state index in [0.717, 1.165) is 32.5 Å². The van der Waals surface area contributed by atoms with Gasteiger partial charge in [-0.3, -0.25) is 0 Å². The highest BCUT2D eigenvalue weighted by Crippen LogP contribution is 2.05. The number of hydrogen-bond acceptors (Lipinski definition) is 2. The number of hydrogen-bond donors (Lipinski definition) is 0. The lowest BCUT2D eigenvalue weighted by Gasteiger charge is -2.16. The van der Waals surface area contributed by atoms with Gasteiger partial charge in [0.2, 0.25) is 0 Å². The molecule has 1 heterocycles. The van der Waals surface area contributed by atoms with E-state index in [9.17, 15) is 0 Å². The first kappa shape index (κ1) is 11.4. The van der Waals surface area contributed by atoms with Gasteiger partial charge in [-0.2, -0.15) is 0 Å². The molecule has 0 spiro atoms. The molecule has 3 heteroatoms. The Morgan fingerprint density at radius 2 is 1.88 bits per heavy atom. The van der Waals surface area contributed by atoms with E-state index in [1.165, 1.54) is 5.56 Å². The van der Waals surface area contributed by atoms with E-state index in [-0.39, 0.29) is 7.12 Å². The first-order chi connectivity index (χ1) is 7.95. The Hall–Kier alpha value is -1.06. The summed E-state index contributed by atoms with van der Waals surface area (Å²) < 4.78 is 10.8. The van der Waals surface area contributed by atoms with Gasteiger partial charge >= 0.3 is 7.12 Å². The van der Waals surface area contributed by atoms with Crippen LogP contribution in [0, 0.1) is 0 Å². The van der Waals surface area contributed by atoms with Gasteiger partial charge in [-0.1, -0.05) is 42.4 Å². The molecule has 0 amide bonds. The zero-order valence-electron chi connectivity index (χ0n) is 9.47. The Kier molecular flexibility index (Phi) is 4.65. The van der Waals surface area contributed by atoms with Gasteiger partial charge in [-0.25, -0.2) is 0 Å². The quantitative estimate of drug-likeness (QED) is 0.720. The van der Waals surface area contributed by atoms with Crippen LogP contribution in [0.2, 0.25) is 0 Å². The SMILES string of the molecule is C(=C\B1OCCCO1)/CCc1ccccc1. The molecule has 0 N–H and O–H groups in total. The van der Waals surface area contributed by atoms with Crippen molar-refractivity contribution in [2.24, 2.45) is 0 Å². The number of rotatable bonds is 4. The fraction of sp³-hybridized carbons (Fsp3) is 0.385. The molecule has 1 aliphatic rings. The zero-order chi connectivity index (χ0) is 11.1. The standard InChI is InChI=1S/C13H17BO2/c1-2-7-13(8-3-1)9-4-5-10-14-15-11-6-12-16-14/h1-3,5,7-8,10H,4,6,9,11-12H2/b10-5+. The van der Waals surface area contributed by atoms with Crippen molar-refractivity contribution in [3.05, 3.63) is 47.9 Å². The largest absolute Gasteiger partial charge is 0.485 e. The molecule has 84 valence electrons. The van der Waals surface area contributed by atoms with Crippen molar-refractivity contribution in [2.45, 2.75) is 19.3 Å². The summed E-state index contributed by atoms with van der Waals surface area (Å²) in [6.45, 7) is 1.63. The first-order valence-corrected chi connectivity index (χ1v) is 5.89. The Morgan fingerprint density at radius 1 is 1.12 bits per heavy atom. The summed E-state index contributed by atoms with van der Waals surface area (Å²) >= 11 is 0. The minimum Gasteiger partial charge on any atom is -0.408 e. The van der Waals surface area contributed by atoms with E-state index in [1.807, 2.05) is 12.0 Å². The molecular formula is C13H17BO2. The molecule has 2 rings (SSSR count). The van der Waals surface area contributed by atoms with E-state index >= 15 is 0 Å². The highest BCUT2D eigenvalue weighted by molar-refractivity contribution is 6.50. The second kappa shape index (κ2) is 6.51. The van der Waals surface area contributed by atoms with E-state index in [2.05, 4.69) is 30.3 Å². The number of allylic oxidation sites excluding steroid dienone is 1. The van der Waals surface area contributed by atoms with Gasteiger partial charge in [0.1, 0.15) is 0 Å². The predicted molar refractivity (Wildman–Crippen MR) is 66.2 cm³/mol. The van der Waals surface area contributed by atoms with Gasteiger partial charge in [-0.05, 0) is 24.8 Å². The van der Waals surface area contributed by atoms with Gasteiger partial charge < -0.3 is 9.31 Å². The molecule has 1 fully saturated rings. The molecular weight excluding hydrogens is 199 g/mol. The van der Waals surface area contributed by atoms with Crippen molar-refractivity contribution in [2.75, 3.05) is 13.2 Å². The van der Waals surface area contributed by atoms with Gasteiger partial charge in [0.05, 0.1) is 0 Å². The normalized spacial score (nSPS) is 16.9. The van der Waals surface area contributed by atoms with Crippen molar-refractivity contribution in [1.29, 1.82) is 0 Å². The minimum atomic E-state index is -0.121. The third kappa shape index (κ3) is 3.84. The Balaban J connectivity index is 1.69. The van der Waals surface area contributed by atoms with Crippen molar-refractivity contribution in [3.8, 4) is 0 Å². The Bertz CT molecular complexity index is 318. The van der Waals surface area contributed by atoms with Crippen LogP contribution in [-0.2, 0) is 15.7 Å². The lowest BCUT2D eigenvalue weighted by Crippen LogP contribution is -2.27. The molecule has 1 saturated heterocycles. The molecule has 1 aromatic rings. The van der Waals surface area contributed by atoms with E-state index < -0.39 is 0 Å². The molecule has 0 radical (unpaired) electrons. The number of aryl methyl sites for hydroxylation is 1. The predicted octanol–water partition coefficient (Wildman–Crippen LogP) is 2.64. The van der Waals surface area contributed by atoms with Crippen LogP contribution in [0.3, 0.4) is 0 Å². The van der Waals surface area contributed by atoms with Crippen LogP contribution in [-0.4, -0.2) is 20.3 Å². The van der Waals surface area contributed by atoms with Crippen LogP contribution >= 0.6 is 0 Å². The lowest BCUT2D eigenvalue weighted by atomic mass is 9.88. The third-order valence-corrected chi connectivity index (χ3v) is 2.59. The monoisotopic (exact) mass is 216 g/mol. The average molecular weight is 216 g/mol. The minimum absolute atomic E-state index is 0.121. The summed E-state index contributed by atoms with van der Waals surface area (Å²) in [5, 5.41) is 0. The molecule has 2 nitrogen and oxygen atoms in total. The average Bonchev–Trinajstić information content (AvgIpc) is 2.37. The molecule has 1 aliphatic heterocycles. The molecule has 0 atom stereocenters. The molecule has 0 saturated carbocycles. The maximum Gasteiger partial charge on any atom is 0.485 e. The summed E-state index contributed by atoms with van der Waals surface area (Å²) in [5.41, 5.74) is 1.37. The van der Waals surface area contributed by atoms with Crippen LogP contribution in [0.4, 0.5) is 0 Å². The van der Waals surface area contributed by atoms with Gasteiger partial charge in [0, 0.05) is 13.2 Å². The van der Waals surface area contributed by atoms with Gasteiger partial charge in [-0.15, -0.1) is 0 Å². The van der Waals surface area contributed by atoms with E-state index in [4.69, 9.17) is 9.31 Å². The maximum atomic E-state index is 5.42. The molecule has 0 aliphatic carbocycles. The van der Waals surface area contributed by atoms with Gasteiger partial charge in [0.15, 0.2) is 0 Å². The summed E-state index contributed by atoms with van der Waals surface area (Å²) in [5.74, 6) is 2.02. The molecule has 0 unspecified atom stereocenters. The molecule has 1 aromatic carbocycles. The third-order valence-electron chi connectivity index (χ3n) is 2.59. The fourth-order valence-electron chi connectivity index (χ4n) is 1.72. The maximum absolute atomic E-state index is 5.42. The summed E-state index contributed by atoms with van der Waals surface area (Å²) in [6, 6.07) is 10.5. The lowest BCUT2D eigenvalue weighted by molar-refractivity contribution is 0.142. The van der Waals surface area contributed by atoms with Crippen LogP contribution in [0.5, 0.6) is 0 Å². The van der Waals surface area contributed by atoms with Crippen molar-refractivity contribution < 1.29 is 9.31 Å². The first-order valence-electron chi connectivity index (χ1n) is 5.89. The van der Waals surface area contributed by atoms with E-state index in [0.29, 0.717) is 0 Å². The van der Waals surface area contributed by atoms with Crippen LogP contribution in [0.1, 0.15) is 18.4 Å². The summed E-state index contributed by atoms with van der Waals surface area (Å²) in [6.07, 6.45) is 5.26. The second-order valence-electron chi connectivity index (χ2n) is 3.92. The van der Waals surface area contributed by atoms with E-state index in [1.54, 1.807) is 0 Å². The number of benzene rings is 1. The van der Waals surface area contributed by atoms with Crippen molar-refractivity contribution in [3.63, 3.8) is 0 Å². The highest BCUT2D eigenvalue weighted by Gasteiger charge is 2.17. The van der Waals surface area contributed by atoms with Crippen molar-refractivity contribution in [1.82, 2.24) is 0 Å². The summed E-state index contributed by atoms with van der Waals surface area (Å²) in [7, 11) is -0.121. The summed E-state index contributed by atoms with van der Waals surface area (Å²) in [4.78, 5) is 0. The van der Waals surface area contributed by atoms with Crippen LogP contribution < -0.4 is 0 Å². The smallest absolute Gasteiger partial charge is 0.408 e. The Morgan fingerprint density at radius 3 is 2.62 bits per heavy atom. The van der Waals surface area contributed by atoms with Crippen LogP contribution in [0.15, 0.2) is 42.4 Å². The molecule has 0 aromatic heterocycles. The highest BCUT2D eigenvalue weighted by atomic mass is 16.6. The van der Waals surface area contributed by atoms with Crippen LogP contribution in [0.25, 0.3) is 0 Å². The zero-order valence-corrected chi connectivity index (χ0v) is 9.47. The fourth-order valence-corrected chi connectivity index (χ4v) is 1.72. The van der Waals surface area contributed by atoms with Crippen molar-refractivity contribution >= 4 is 7.12 Å². The van der Waals surface area contributed by atoms with Gasteiger partial charge in [0.25, 0.3) is 0 Å². The second-order valence-corrected chi connectivity index (χ2v) is 3.92.